The highest BCUT2D eigenvalue weighted by Gasteiger charge is 2.33. The molecule has 1 aliphatic carbocycles. The fourth-order valence-electron chi connectivity index (χ4n) is 3.23. The quantitative estimate of drug-likeness (QED) is 0.566. The molecule has 23 heavy (non-hydrogen) atoms. The molecule has 1 aromatic rings. The van der Waals surface area contributed by atoms with Crippen LogP contribution in [0.4, 0.5) is 0 Å². The molecule has 0 saturated heterocycles. The molecule has 0 aromatic heterocycles. The van der Waals surface area contributed by atoms with Crippen molar-refractivity contribution in [3.05, 3.63) is 29.8 Å². The van der Waals surface area contributed by atoms with Gasteiger partial charge < -0.3 is 4.74 Å². The van der Waals surface area contributed by atoms with Crippen molar-refractivity contribution >= 4 is 5.97 Å². The van der Waals surface area contributed by atoms with E-state index in [0.717, 1.165) is 18.6 Å². The zero-order chi connectivity index (χ0) is 16.8. The molecule has 4 heteroatoms. The Balaban J connectivity index is 1.91. The SMILES string of the molecule is CCOc1ccc(C(=O)OOC2CC(C)CCC2C(C)C)cc1. The minimum absolute atomic E-state index is 0.00889. The summed E-state index contributed by atoms with van der Waals surface area (Å²) >= 11 is 0. The molecule has 1 aromatic carbocycles. The molecule has 128 valence electrons. The van der Waals surface area contributed by atoms with Gasteiger partial charge in [0.2, 0.25) is 0 Å². The van der Waals surface area contributed by atoms with Gasteiger partial charge in [-0.1, -0.05) is 27.2 Å². The molecule has 1 saturated carbocycles. The van der Waals surface area contributed by atoms with Crippen LogP contribution >= 0.6 is 0 Å². The van der Waals surface area contributed by atoms with E-state index >= 15 is 0 Å². The van der Waals surface area contributed by atoms with Crippen LogP contribution in [-0.4, -0.2) is 18.7 Å². The molecule has 0 radical (unpaired) electrons. The number of rotatable bonds is 6. The highest BCUT2D eigenvalue weighted by molar-refractivity contribution is 5.89. The molecule has 3 unspecified atom stereocenters. The lowest BCUT2D eigenvalue weighted by Crippen LogP contribution is -2.34. The lowest BCUT2D eigenvalue weighted by Gasteiger charge is -2.35. The first-order valence-corrected chi connectivity index (χ1v) is 8.61. The Morgan fingerprint density at radius 3 is 2.52 bits per heavy atom. The molecule has 1 aliphatic rings. The van der Waals surface area contributed by atoms with E-state index in [-0.39, 0.29) is 6.10 Å². The van der Waals surface area contributed by atoms with Crippen molar-refractivity contribution in [3.63, 3.8) is 0 Å². The van der Waals surface area contributed by atoms with Crippen molar-refractivity contribution in [1.82, 2.24) is 0 Å². The van der Waals surface area contributed by atoms with Crippen LogP contribution in [0.15, 0.2) is 24.3 Å². The molecule has 2 rings (SSSR count). The van der Waals surface area contributed by atoms with Gasteiger partial charge in [-0.2, -0.15) is 4.89 Å². The maximum atomic E-state index is 12.1. The van der Waals surface area contributed by atoms with Gasteiger partial charge in [0.25, 0.3) is 0 Å². The Morgan fingerprint density at radius 2 is 1.91 bits per heavy atom. The number of hydrogen-bond donors (Lipinski definition) is 0. The molecule has 0 N–H and O–H groups in total. The van der Waals surface area contributed by atoms with Crippen molar-refractivity contribution in [2.45, 2.75) is 53.1 Å². The second-order valence-electron chi connectivity index (χ2n) is 6.79. The Bertz CT molecular complexity index is 495. The molecule has 0 heterocycles. The van der Waals surface area contributed by atoms with Gasteiger partial charge in [0.15, 0.2) is 0 Å². The summed E-state index contributed by atoms with van der Waals surface area (Å²) in [4.78, 5) is 22.8. The fourth-order valence-corrected chi connectivity index (χ4v) is 3.23. The van der Waals surface area contributed by atoms with Crippen LogP contribution in [0.2, 0.25) is 0 Å². The Labute approximate surface area is 139 Å². The predicted molar refractivity (Wildman–Crippen MR) is 89.2 cm³/mol. The summed E-state index contributed by atoms with van der Waals surface area (Å²) in [6.07, 6.45) is 3.28. The zero-order valence-corrected chi connectivity index (χ0v) is 14.6. The highest BCUT2D eigenvalue weighted by Crippen LogP contribution is 2.35. The normalized spacial score (nSPS) is 24.5. The van der Waals surface area contributed by atoms with Gasteiger partial charge >= 0.3 is 5.97 Å². The van der Waals surface area contributed by atoms with Gasteiger partial charge in [-0.3, -0.25) is 4.89 Å². The van der Waals surface area contributed by atoms with Crippen LogP contribution < -0.4 is 4.74 Å². The molecule has 4 nitrogen and oxygen atoms in total. The summed E-state index contributed by atoms with van der Waals surface area (Å²) < 4.78 is 5.36. The van der Waals surface area contributed by atoms with Gasteiger partial charge in [-0.05, 0) is 61.8 Å². The first-order chi connectivity index (χ1) is 11.0. The van der Waals surface area contributed by atoms with Crippen LogP contribution in [0.5, 0.6) is 5.75 Å². The number of ether oxygens (including phenoxy) is 1. The lowest BCUT2D eigenvalue weighted by atomic mass is 9.75. The van der Waals surface area contributed by atoms with E-state index in [2.05, 4.69) is 20.8 Å². The molecule has 3 atom stereocenters. The van der Waals surface area contributed by atoms with E-state index in [9.17, 15) is 4.79 Å². The maximum Gasteiger partial charge on any atom is 0.373 e. The summed E-state index contributed by atoms with van der Waals surface area (Å²) in [5.41, 5.74) is 0.471. The standard InChI is InChI=1S/C19H28O4/c1-5-21-16-9-7-15(8-10-16)19(20)23-22-18-12-14(4)6-11-17(18)13(2)3/h7-10,13-14,17-18H,5-6,11-12H2,1-4H3. The van der Waals surface area contributed by atoms with E-state index in [1.54, 1.807) is 24.3 Å². The van der Waals surface area contributed by atoms with Crippen LogP contribution in [0.25, 0.3) is 0 Å². The summed E-state index contributed by atoms with van der Waals surface area (Å²) in [5.74, 6) is 1.87. The number of carbonyl (C=O) groups is 1. The third kappa shape index (κ3) is 4.96. The Hall–Kier alpha value is -1.55. The van der Waals surface area contributed by atoms with Gasteiger partial charge in [-0.25, -0.2) is 4.79 Å². The Morgan fingerprint density at radius 1 is 1.22 bits per heavy atom. The predicted octanol–water partition coefficient (Wildman–Crippen LogP) is 4.63. The molecule has 0 aliphatic heterocycles. The van der Waals surface area contributed by atoms with E-state index < -0.39 is 5.97 Å². The minimum atomic E-state index is -0.450. The van der Waals surface area contributed by atoms with E-state index in [0.29, 0.717) is 29.9 Å². The topological polar surface area (TPSA) is 44.8 Å². The first-order valence-electron chi connectivity index (χ1n) is 8.61. The number of benzene rings is 1. The molecule has 0 bridgehead atoms. The first kappa shape index (κ1) is 17.8. The van der Waals surface area contributed by atoms with Crippen molar-refractivity contribution in [2.75, 3.05) is 6.61 Å². The van der Waals surface area contributed by atoms with Gasteiger partial charge in [0.05, 0.1) is 12.2 Å². The van der Waals surface area contributed by atoms with Crippen molar-refractivity contribution in [3.8, 4) is 5.75 Å². The second-order valence-corrected chi connectivity index (χ2v) is 6.79. The summed E-state index contributed by atoms with van der Waals surface area (Å²) in [7, 11) is 0. The molecular formula is C19H28O4. The molecule has 0 amide bonds. The van der Waals surface area contributed by atoms with E-state index in [1.807, 2.05) is 6.92 Å². The average Bonchev–Trinajstić information content (AvgIpc) is 2.53. The van der Waals surface area contributed by atoms with Gasteiger partial charge in [0, 0.05) is 0 Å². The average molecular weight is 320 g/mol. The molecule has 0 spiro atoms. The largest absolute Gasteiger partial charge is 0.494 e. The van der Waals surface area contributed by atoms with Gasteiger partial charge in [0.1, 0.15) is 11.9 Å². The number of hydrogen-bond acceptors (Lipinski definition) is 4. The smallest absolute Gasteiger partial charge is 0.373 e. The van der Waals surface area contributed by atoms with Crippen LogP contribution in [0.1, 0.15) is 57.3 Å². The summed E-state index contributed by atoms with van der Waals surface area (Å²) in [6.45, 7) is 9.15. The van der Waals surface area contributed by atoms with Crippen molar-refractivity contribution in [1.29, 1.82) is 0 Å². The molecular weight excluding hydrogens is 292 g/mol. The third-order valence-electron chi connectivity index (χ3n) is 4.61. The van der Waals surface area contributed by atoms with Crippen molar-refractivity contribution < 1.29 is 19.3 Å². The van der Waals surface area contributed by atoms with Crippen LogP contribution in [0.3, 0.4) is 0 Å². The van der Waals surface area contributed by atoms with Gasteiger partial charge in [-0.15, -0.1) is 0 Å². The Kier molecular flexibility index (Phi) is 6.46. The third-order valence-corrected chi connectivity index (χ3v) is 4.61. The fraction of sp³-hybridized carbons (Fsp3) is 0.632. The zero-order valence-electron chi connectivity index (χ0n) is 14.6. The van der Waals surface area contributed by atoms with Crippen molar-refractivity contribution in [2.24, 2.45) is 17.8 Å². The lowest BCUT2D eigenvalue weighted by molar-refractivity contribution is -0.296. The van der Waals surface area contributed by atoms with Crippen LogP contribution in [0, 0.1) is 17.8 Å². The maximum absolute atomic E-state index is 12.1. The van der Waals surface area contributed by atoms with E-state index in [4.69, 9.17) is 14.5 Å². The summed E-state index contributed by atoms with van der Waals surface area (Å²) in [6, 6.07) is 6.92. The van der Waals surface area contributed by atoms with Crippen LogP contribution in [-0.2, 0) is 9.78 Å². The molecule has 1 fully saturated rings. The van der Waals surface area contributed by atoms with E-state index in [1.165, 1.54) is 6.42 Å². The summed E-state index contributed by atoms with van der Waals surface area (Å²) in [5, 5.41) is 0. The monoisotopic (exact) mass is 320 g/mol. The number of carbonyl (C=O) groups excluding carboxylic acids is 1. The second kappa shape index (κ2) is 8.34. The highest BCUT2D eigenvalue weighted by atomic mass is 17.2. The minimum Gasteiger partial charge on any atom is -0.494 e.